The summed E-state index contributed by atoms with van der Waals surface area (Å²) in [5.74, 6) is -0.324. The zero-order chi connectivity index (χ0) is 12.8. The van der Waals surface area contributed by atoms with E-state index in [4.69, 9.17) is 5.73 Å². The lowest BCUT2D eigenvalue weighted by atomic mass is 10.1. The van der Waals surface area contributed by atoms with Crippen LogP contribution in [0.2, 0.25) is 0 Å². The first kappa shape index (κ1) is 14.0. The van der Waals surface area contributed by atoms with Crippen molar-refractivity contribution in [2.45, 2.75) is 51.6 Å². The minimum atomic E-state index is -0.418. The second-order valence-electron chi connectivity index (χ2n) is 4.64. The Morgan fingerprint density at radius 1 is 1.29 bits per heavy atom. The van der Waals surface area contributed by atoms with Crippen LogP contribution in [0.1, 0.15) is 39.5 Å². The van der Waals surface area contributed by atoms with Gasteiger partial charge in [0, 0.05) is 13.1 Å². The molecule has 1 aliphatic rings. The molecule has 0 aromatic heterocycles. The Labute approximate surface area is 103 Å². The van der Waals surface area contributed by atoms with Crippen molar-refractivity contribution < 1.29 is 9.59 Å². The highest BCUT2D eigenvalue weighted by atomic mass is 16.2. The fraction of sp³-hybridized carbons (Fsp3) is 0.833. The maximum atomic E-state index is 12.1. The molecule has 1 saturated heterocycles. The van der Waals surface area contributed by atoms with E-state index in [0.29, 0.717) is 6.42 Å². The standard InChI is InChI=1S/C12H23N3O2/c1-3-10(11(13)16)14-9(2)12(17)15-7-5-4-6-8-15/h9-10,14H,3-8H2,1-2H3,(H2,13,16). The molecule has 0 aliphatic carbocycles. The summed E-state index contributed by atoms with van der Waals surface area (Å²) in [6, 6.07) is -0.760. The molecule has 1 fully saturated rings. The third kappa shape index (κ3) is 4.00. The molecule has 3 N–H and O–H groups in total. The quantitative estimate of drug-likeness (QED) is 0.724. The van der Waals surface area contributed by atoms with Crippen LogP contribution in [-0.2, 0) is 9.59 Å². The van der Waals surface area contributed by atoms with E-state index < -0.39 is 11.9 Å². The van der Waals surface area contributed by atoms with Crippen molar-refractivity contribution in [1.82, 2.24) is 10.2 Å². The number of carbonyl (C=O) groups excluding carboxylic acids is 2. The van der Waals surface area contributed by atoms with E-state index >= 15 is 0 Å². The molecule has 0 saturated carbocycles. The Hall–Kier alpha value is -1.10. The van der Waals surface area contributed by atoms with Gasteiger partial charge in [0.2, 0.25) is 11.8 Å². The van der Waals surface area contributed by atoms with E-state index in [1.807, 2.05) is 11.8 Å². The molecule has 0 aromatic rings. The fourth-order valence-electron chi connectivity index (χ4n) is 2.16. The molecule has 17 heavy (non-hydrogen) atoms. The summed E-state index contributed by atoms with van der Waals surface area (Å²) in [7, 11) is 0. The number of nitrogens with two attached hydrogens (primary N) is 1. The van der Waals surface area contributed by atoms with E-state index in [0.717, 1.165) is 25.9 Å². The van der Waals surface area contributed by atoms with E-state index in [9.17, 15) is 9.59 Å². The molecular formula is C12H23N3O2. The Bertz CT molecular complexity index is 275. The third-order valence-electron chi connectivity index (χ3n) is 3.24. The summed E-state index contributed by atoms with van der Waals surface area (Å²) in [4.78, 5) is 25.1. The molecule has 5 heteroatoms. The third-order valence-corrected chi connectivity index (χ3v) is 3.24. The Morgan fingerprint density at radius 2 is 1.88 bits per heavy atom. The smallest absolute Gasteiger partial charge is 0.239 e. The average Bonchev–Trinajstić information content (AvgIpc) is 2.35. The second kappa shape index (κ2) is 6.59. The van der Waals surface area contributed by atoms with Crippen molar-refractivity contribution in [1.29, 1.82) is 0 Å². The van der Waals surface area contributed by atoms with Crippen molar-refractivity contribution in [2.75, 3.05) is 13.1 Å². The number of primary amides is 1. The van der Waals surface area contributed by atoms with Gasteiger partial charge in [0.05, 0.1) is 12.1 Å². The van der Waals surface area contributed by atoms with Gasteiger partial charge in [-0.05, 0) is 32.6 Å². The van der Waals surface area contributed by atoms with Crippen LogP contribution in [0.15, 0.2) is 0 Å². The summed E-state index contributed by atoms with van der Waals surface area (Å²) >= 11 is 0. The second-order valence-corrected chi connectivity index (χ2v) is 4.64. The van der Waals surface area contributed by atoms with Crippen LogP contribution in [-0.4, -0.2) is 41.9 Å². The highest BCUT2D eigenvalue weighted by Gasteiger charge is 2.25. The number of nitrogens with one attached hydrogen (secondary N) is 1. The van der Waals surface area contributed by atoms with Crippen LogP contribution in [0.4, 0.5) is 0 Å². The maximum Gasteiger partial charge on any atom is 0.239 e. The van der Waals surface area contributed by atoms with Gasteiger partial charge in [0.1, 0.15) is 0 Å². The van der Waals surface area contributed by atoms with Crippen LogP contribution in [0.3, 0.4) is 0 Å². The van der Waals surface area contributed by atoms with Crippen LogP contribution in [0.25, 0.3) is 0 Å². The lowest BCUT2D eigenvalue weighted by molar-refractivity contribution is -0.134. The Balaban J connectivity index is 2.47. The van der Waals surface area contributed by atoms with Gasteiger partial charge in [-0.2, -0.15) is 0 Å². The summed E-state index contributed by atoms with van der Waals surface area (Å²) in [6.45, 7) is 5.33. The predicted octanol–water partition coefficient (Wildman–Crippen LogP) is 0.241. The fourth-order valence-corrected chi connectivity index (χ4v) is 2.16. The number of amides is 2. The molecule has 1 aliphatic heterocycles. The highest BCUT2D eigenvalue weighted by Crippen LogP contribution is 2.10. The molecule has 0 aromatic carbocycles. The molecule has 2 atom stereocenters. The minimum absolute atomic E-state index is 0.0735. The van der Waals surface area contributed by atoms with Gasteiger partial charge in [0.25, 0.3) is 0 Å². The number of piperidine rings is 1. The zero-order valence-corrected chi connectivity index (χ0v) is 10.7. The first-order valence-corrected chi connectivity index (χ1v) is 6.40. The first-order chi connectivity index (χ1) is 8.06. The number of hydrogen-bond acceptors (Lipinski definition) is 3. The minimum Gasteiger partial charge on any atom is -0.368 e. The number of likely N-dealkylation sites (tertiary alicyclic amines) is 1. The van der Waals surface area contributed by atoms with Crippen LogP contribution in [0, 0.1) is 0 Å². The van der Waals surface area contributed by atoms with Gasteiger partial charge >= 0.3 is 0 Å². The van der Waals surface area contributed by atoms with Crippen molar-refractivity contribution in [3.05, 3.63) is 0 Å². The average molecular weight is 241 g/mol. The van der Waals surface area contributed by atoms with Gasteiger partial charge < -0.3 is 10.6 Å². The monoisotopic (exact) mass is 241 g/mol. The molecule has 2 unspecified atom stereocenters. The molecule has 1 heterocycles. The van der Waals surface area contributed by atoms with Gasteiger partial charge in [-0.15, -0.1) is 0 Å². The summed E-state index contributed by atoms with van der Waals surface area (Å²) in [6.07, 6.45) is 3.95. The SMILES string of the molecule is CCC(NC(C)C(=O)N1CCCCC1)C(N)=O. The molecule has 2 amide bonds. The van der Waals surface area contributed by atoms with Crippen molar-refractivity contribution in [3.63, 3.8) is 0 Å². The van der Waals surface area contributed by atoms with Crippen molar-refractivity contribution in [3.8, 4) is 0 Å². The van der Waals surface area contributed by atoms with E-state index in [1.54, 1.807) is 6.92 Å². The summed E-state index contributed by atoms with van der Waals surface area (Å²) < 4.78 is 0. The number of nitrogens with zero attached hydrogens (tertiary/aromatic N) is 1. The largest absolute Gasteiger partial charge is 0.368 e. The van der Waals surface area contributed by atoms with E-state index in [-0.39, 0.29) is 11.9 Å². The summed E-state index contributed by atoms with van der Waals surface area (Å²) in [5.41, 5.74) is 5.25. The summed E-state index contributed by atoms with van der Waals surface area (Å²) in [5, 5.41) is 3.00. The van der Waals surface area contributed by atoms with Crippen molar-refractivity contribution >= 4 is 11.8 Å². The van der Waals surface area contributed by atoms with E-state index in [2.05, 4.69) is 5.32 Å². The van der Waals surface area contributed by atoms with E-state index in [1.165, 1.54) is 6.42 Å². The van der Waals surface area contributed by atoms with Gasteiger partial charge in [-0.3, -0.25) is 14.9 Å². The Morgan fingerprint density at radius 3 is 2.35 bits per heavy atom. The Kier molecular flexibility index (Phi) is 5.41. The predicted molar refractivity (Wildman–Crippen MR) is 66.3 cm³/mol. The lowest BCUT2D eigenvalue weighted by Gasteiger charge is -2.30. The molecule has 98 valence electrons. The molecular weight excluding hydrogens is 218 g/mol. The number of rotatable bonds is 5. The molecule has 0 radical (unpaired) electrons. The van der Waals surface area contributed by atoms with Crippen LogP contribution in [0.5, 0.6) is 0 Å². The topological polar surface area (TPSA) is 75.4 Å². The van der Waals surface area contributed by atoms with Gasteiger partial charge in [-0.25, -0.2) is 0 Å². The lowest BCUT2D eigenvalue weighted by Crippen LogP contribution is -2.52. The molecule has 0 bridgehead atoms. The van der Waals surface area contributed by atoms with Crippen LogP contribution < -0.4 is 11.1 Å². The first-order valence-electron chi connectivity index (χ1n) is 6.40. The zero-order valence-electron chi connectivity index (χ0n) is 10.7. The molecule has 0 spiro atoms. The normalized spacial score (nSPS) is 19.8. The molecule has 5 nitrogen and oxygen atoms in total. The number of hydrogen-bond donors (Lipinski definition) is 2. The van der Waals surface area contributed by atoms with Crippen molar-refractivity contribution in [2.24, 2.45) is 5.73 Å². The molecule has 1 rings (SSSR count). The number of carbonyl (C=O) groups is 2. The highest BCUT2D eigenvalue weighted by molar-refractivity contribution is 5.84. The van der Waals surface area contributed by atoms with Gasteiger partial charge in [0.15, 0.2) is 0 Å². The van der Waals surface area contributed by atoms with Crippen LogP contribution >= 0.6 is 0 Å². The van der Waals surface area contributed by atoms with Gasteiger partial charge in [-0.1, -0.05) is 6.92 Å². The maximum absolute atomic E-state index is 12.1.